The SMILES string of the molecule is CCCn1c(C)c(C(=O)NCC(C)(C)CCO)c2cc(OC)ccc21. The molecule has 0 atom stereocenters. The molecule has 0 aliphatic carbocycles. The summed E-state index contributed by atoms with van der Waals surface area (Å²) >= 11 is 0. The van der Waals surface area contributed by atoms with E-state index in [2.05, 4.69) is 16.8 Å². The maximum atomic E-state index is 12.9. The second kappa shape index (κ2) is 7.91. The van der Waals surface area contributed by atoms with Crippen LogP contribution >= 0.6 is 0 Å². The summed E-state index contributed by atoms with van der Waals surface area (Å²) in [4.78, 5) is 12.9. The number of hydrogen-bond donors (Lipinski definition) is 2. The molecule has 0 aliphatic heterocycles. The molecule has 1 heterocycles. The molecule has 25 heavy (non-hydrogen) atoms. The highest BCUT2D eigenvalue weighted by molar-refractivity contribution is 6.08. The van der Waals surface area contributed by atoms with Crippen LogP contribution in [0.2, 0.25) is 0 Å². The van der Waals surface area contributed by atoms with Crippen molar-refractivity contribution in [2.45, 2.75) is 47.1 Å². The fraction of sp³-hybridized carbons (Fsp3) is 0.550. The molecule has 0 unspecified atom stereocenters. The van der Waals surface area contributed by atoms with Gasteiger partial charge in [-0.25, -0.2) is 0 Å². The molecule has 0 radical (unpaired) electrons. The molecule has 0 fully saturated rings. The Morgan fingerprint density at radius 3 is 2.68 bits per heavy atom. The summed E-state index contributed by atoms with van der Waals surface area (Å²) in [5.74, 6) is 0.674. The Morgan fingerprint density at radius 2 is 2.08 bits per heavy atom. The second-order valence-corrected chi connectivity index (χ2v) is 7.32. The van der Waals surface area contributed by atoms with Crippen molar-refractivity contribution in [1.82, 2.24) is 9.88 Å². The van der Waals surface area contributed by atoms with E-state index in [0.717, 1.165) is 35.3 Å². The Morgan fingerprint density at radius 1 is 1.36 bits per heavy atom. The van der Waals surface area contributed by atoms with E-state index in [9.17, 15) is 4.79 Å². The fourth-order valence-corrected chi connectivity index (χ4v) is 3.19. The van der Waals surface area contributed by atoms with Crippen molar-refractivity contribution >= 4 is 16.8 Å². The van der Waals surface area contributed by atoms with Gasteiger partial charge in [-0.3, -0.25) is 4.79 Å². The lowest BCUT2D eigenvalue weighted by Gasteiger charge is -2.23. The molecule has 0 saturated heterocycles. The first-order valence-corrected chi connectivity index (χ1v) is 8.90. The lowest BCUT2D eigenvalue weighted by molar-refractivity contribution is 0.0929. The molecule has 5 heteroatoms. The number of amides is 1. The quantitative estimate of drug-likeness (QED) is 0.769. The van der Waals surface area contributed by atoms with E-state index in [1.54, 1.807) is 7.11 Å². The van der Waals surface area contributed by atoms with Crippen molar-refractivity contribution in [1.29, 1.82) is 0 Å². The van der Waals surface area contributed by atoms with Crippen LogP contribution in [0.25, 0.3) is 10.9 Å². The van der Waals surface area contributed by atoms with E-state index in [4.69, 9.17) is 9.84 Å². The predicted molar refractivity (Wildman–Crippen MR) is 101 cm³/mol. The Hall–Kier alpha value is -2.01. The van der Waals surface area contributed by atoms with Gasteiger partial charge in [-0.05, 0) is 43.4 Å². The summed E-state index contributed by atoms with van der Waals surface area (Å²) in [6.45, 7) is 9.73. The van der Waals surface area contributed by atoms with Crippen LogP contribution in [0.1, 0.15) is 49.7 Å². The zero-order chi connectivity index (χ0) is 18.6. The predicted octanol–water partition coefficient (Wildman–Crippen LogP) is 3.51. The third kappa shape index (κ3) is 4.15. The molecule has 1 aromatic carbocycles. The summed E-state index contributed by atoms with van der Waals surface area (Å²) < 4.78 is 7.54. The third-order valence-corrected chi connectivity index (χ3v) is 4.72. The van der Waals surface area contributed by atoms with Crippen molar-refractivity contribution < 1.29 is 14.6 Å². The van der Waals surface area contributed by atoms with Gasteiger partial charge in [-0.1, -0.05) is 20.8 Å². The first-order chi connectivity index (χ1) is 11.8. The highest BCUT2D eigenvalue weighted by atomic mass is 16.5. The summed E-state index contributed by atoms with van der Waals surface area (Å²) in [7, 11) is 1.63. The molecule has 1 aromatic heterocycles. The number of aliphatic hydroxyl groups excluding tert-OH is 1. The van der Waals surface area contributed by atoms with Crippen molar-refractivity contribution in [2.75, 3.05) is 20.3 Å². The van der Waals surface area contributed by atoms with Gasteiger partial charge in [-0.2, -0.15) is 0 Å². The van der Waals surface area contributed by atoms with Crippen molar-refractivity contribution in [3.05, 3.63) is 29.5 Å². The highest BCUT2D eigenvalue weighted by Crippen LogP contribution is 2.30. The lowest BCUT2D eigenvalue weighted by Crippen LogP contribution is -2.34. The molecular weight excluding hydrogens is 316 g/mol. The number of carbonyl (C=O) groups excluding carboxylic acids is 1. The number of ether oxygens (including phenoxy) is 1. The molecular formula is C20H30N2O3. The van der Waals surface area contributed by atoms with Crippen LogP contribution in [-0.2, 0) is 6.54 Å². The van der Waals surface area contributed by atoms with Gasteiger partial charge in [0.2, 0.25) is 0 Å². The van der Waals surface area contributed by atoms with E-state index in [1.165, 1.54) is 0 Å². The van der Waals surface area contributed by atoms with E-state index in [-0.39, 0.29) is 17.9 Å². The Bertz CT molecular complexity index is 747. The van der Waals surface area contributed by atoms with Gasteiger partial charge in [0, 0.05) is 36.3 Å². The van der Waals surface area contributed by atoms with Crippen molar-refractivity contribution in [3.63, 3.8) is 0 Å². The molecule has 1 amide bonds. The monoisotopic (exact) mass is 346 g/mol. The number of fused-ring (bicyclic) bond motifs is 1. The number of carbonyl (C=O) groups is 1. The summed E-state index contributed by atoms with van der Waals surface area (Å²) in [6.07, 6.45) is 1.65. The van der Waals surface area contributed by atoms with Gasteiger partial charge in [0.05, 0.1) is 12.7 Å². The van der Waals surface area contributed by atoms with E-state index in [0.29, 0.717) is 18.5 Å². The minimum absolute atomic E-state index is 0.0726. The lowest BCUT2D eigenvalue weighted by atomic mass is 9.89. The van der Waals surface area contributed by atoms with Gasteiger partial charge in [-0.15, -0.1) is 0 Å². The smallest absolute Gasteiger partial charge is 0.253 e. The maximum Gasteiger partial charge on any atom is 0.253 e. The zero-order valence-corrected chi connectivity index (χ0v) is 16.0. The van der Waals surface area contributed by atoms with Crippen LogP contribution in [0.5, 0.6) is 5.75 Å². The highest BCUT2D eigenvalue weighted by Gasteiger charge is 2.23. The number of aliphatic hydroxyl groups is 1. The van der Waals surface area contributed by atoms with Crippen molar-refractivity contribution in [2.24, 2.45) is 5.41 Å². The number of nitrogens with one attached hydrogen (secondary N) is 1. The van der Waals surface area contributed by atoms with Gasteiger partial charge < -0.3 is 19.7 Å². The van der Waals surface area contributed by atoms with Crippen LogP contribution in [0.3, 0.4) is 0 Å². The van der Waals surface area contributed by atoms with Gasteiger partial charge >= 0.3 is 0 Å². The topological polar surface area (TPSA) is 63.5 Å². The van der Waals surface area contributed by atoms with Crippen LogP contribution in [0.4, 0.5) is 0 Å². The largest absolute Gasteiger partial charge is 0.497 e. The molecule has 0 aliphatic rings. The molecule has 0 bridgehead atoms. The first kappa shape index (κ1) is 19.3. The number of aromatic nitrogens is 1. The number of rotatable bonds is 8. The first-order valence-electron chi connectivity index (χ1n) is 8.90. The van der Waals surface area contributed by atoms with Crippen molar-refractivity contribution in [3.8, 4) is 5.75 Å². The van der Waals surface area contributed by atoms with E-state index < -0.39 is 0 Å². The van der Waals surface area contributed by atoms with Gasteiger partial charge in [0.1, 0.15) is 5.75 Å². The molecule has 138 valence electrons. The van der Waals surface area contributed by atoms with Gasteiger partial charge in [0.15, 0.2) is 0 Å². The van der Waals surface area contributed by atoms with Crippen LogP contribution in [0, 0.1) is 12.3 Å². The van der Waals surface area contributed by atoms with Gasteiger partial charge in [0.25, 0.3) is 5.91 Å². The van der Waals surface area contributed by atoms with Crippen LogP contribution < -0.4 is 10.1 Å². The normalized spacial score (nSPS) is 11.8. The number of methoxy groups -OCH3 is 1. The van der Waals surface area contributed by atoms with E-state index >= 15 is 0 Å². The minimum atomic E-state index is -0.141. The molecule has 0 spiro atoms. The Kier molecular flexibility index (Phi) is 6.11. The second-order valence-electron chi connectivity index (χ2n) is 7.32. The van der Waals surface area contributed by atoms with Crippen LogP contribution in [0.15, 0.2) is 18.2 Å². The molecule has 5 nitrogen and oxygen atoms in total. The van der Waals surface area contributed by atoms with E-state index in [1.807, 2.05) is 39.0 Å². The number of hydrogen-bond acceptors (Lipinski definition) is 3. The van der Waals surface area contributed by atoms with Crippen LogP contribution in [-0.4, -0.2) is 35.8 Å². The Labute approximate surface area is 150 Å². The third-order valence-electron chi connectivity index (χ3n) is 4.72. The number of nitrogens with zero attached hydrogens (tertiary/aromatic N) is 1. The number of benzene rings is 1. The zero-order valence-electron chi connectivity index (χ0n) is 16.0. The minimum Gasteiger partial charge on any atom is -0.497 e. The average Bonchev–Trinajstić information content (AvgIpc) is 2.84. The Balaban J connectivity index is 2.41. The summed E-state index contributed by atoms with van der Waals surface area (Å²) in [6, 6.07) is 5.88. The summed E-state index contributed by atoms with van der Waals surface area (Å²) in [5, 5.41) is 13.1. The number of aryl methyl sites for hydroxylation is 1. The fourth-order valence-electron chi connectivity index (χ4n) is 3.19. The standard InChI is InChI=1S/C20H30N2O3/c1-6-10-22-14(2)18(16-12-15(25-5)7-8-17(16)22)19(24)21-13-20(3,4)9-11-23/h7-8,12,23H,6,9-11,13H2,1-5H3,(H,21,24). The summed E-state index contributed by atoms with van der Waals surface area (Å²) in [5.41, 5.74) is 2.60. The molecule has 0 saturated carbocycles. The molecule has 2 rings (SSSR count). The molecule has 2 aromatic rings. The maximum absolute atomic E-state index is 12.9. The molecule has 2 N–H and O–H groups in total. The average molecular weight is 346 g/mol.